The molecule has 1 atom stereocenters. The number of nitrogens with one attached hydrogen (secondary N) is 2. The Morgan fingerprint density at radius 1 is 1.00 bits per heavy atom. The van der Waals surface area contributed by atoms with Crippen LogP contribution in [-0.2, 0) is 21.7 Å². The van der Waals surface area contributed by atoms with Gasteiger partial charge in [0.2, 0.25) is 0 Å². The van der Waals surface area contributed by atoms with Crippen LogP contribution in [-0.4, -0.2) is 23.5 Å². The van der Waals surface area contributed by atoms with Crippen LogP contribution in [0.3, 0.4) is 0 Å². The lowest BCUT2D eigenvalue weighted by atomic mass is 9.96. The van der Waals surface area contributed by atoms with Gasteiger partial charge in [0.15, 0.2) is 0 Å². The molecule has 0 fully saturated rings. The first-order valence-corrected chi connectivity index (χ1v) is 7.85. The summed E-state index contributed by atoms with van der Waals surface area (Å²) in [6, 6.07) is 15.9. The van der Waals surface area contributed by atoms with Crippen LogP contribution < -0.4 is 10.6 Å². The van der Waals surface area contributed by atoms with Gasteiger partial charge in [-0.25, -0.2) is 0 Å². The van der Waals surface area contributed by atoms with Crippen LogP contribution in [0, 0.1) is 0 Å². The van der Waals surface area contributed by atoms with E-state index in [2.05, 4.69) is 10.6 Å². The molecule has 24 heavy (non-hydrogen) atoms. The van der Waals surface area contributed by atoms with Gasteiger partial charge < -0.3 is 15.7 Å². The normalized spacial score (nSPS) is 13.0. The number of halogens is 1. The monoisotopic (exact) mass is 346 g/mol. The minimum Gasteiger partial charge on any atom is -0.384 e. The Morgan fingerprint density at radius 2 is 1.58 bits per heavy atom. The Labute approximate surface area is 145 Å². The SMILES string of the molecule is CC(O)(CNC(=O)C(=O)NCc1ccc(Cl)cc1)c1ccccc1. The molecule has 0 aliphatic heterocycles. The second kappa shape index (κ2) is 7.95. The molecule has 2 aromatic rings. The number of amides is 2. The molecule has 0 aliphatic carbocycles. The summed E-state index contributed by atoms with van der Waals surface area (Å²) < 4.78 is 0. The van der Waals surface area contributed by atoms with E-state index in [1.807, 2.05) is 6.07 Å². The molecule has 2 amide bonds. The van der Waals surface area contributed by atoms with Crippen molar-refractivity contribution in [3.8, 4) is 0 Å². The first-order valence-electron chi connectivity index (χ1n) is 7.47. The van der Waals surface area contributed by atoms with Crippen molar-refractivity contribution < 1.29 is 14.7 Å². The number of rotatable bonds is 5. The Kier molecular flexibility index (Phi) is 5.95. The maximum atomic E-state index is 11.8. The quantitative estimate of drug-likeness (QED) is 0.724. The standard InChI is InChI=1S/C18H19ClN2O3/c1-18(24,14-5-3-2-4-6-14)12-21-17(23)16(22)20-11-13-7-9-15(19)10-8-13/h2-10,24H,11-12H2,1H3,(H,20,22)(H,21,23). The molecule has 0 aromatic heterocycles. The van der Waals surface area contributed by atoms with Crippen molar-refractivity contribution in [2.45, 2.75) is 19.1 Å². The molecule has 2 rings (SSSR count). The first-order chi connectivity index (χ1) is 11.4. The highest BCUT2D eigenvalue weighted by Gasteiger charge is 2.25. The van der Waals surface area contributed by atoms with Gasteiger partial charge in [0, 0.05) is 11.6 Å². The van der Waals surface area contributed by atoms with Gasteiger partial charge in [-0.3, -0.25) is 9.59 Å². The zero-order chi connectivity index (χ0) is 17.6. The maximum absolute atomic E-state index is 11.8. The lowest BCUT2D eigenvalue weighted by Gasteiger charge is -2.24. The van der Waals surface area contributed by atoms with Crippen molar-refractivity contribution in [1.29, 1.82) is 0 Å². The third-order valence-electron chi connectivity index (χ3n) is 3.56. The molecule has 0 saturated heterocycles. The number of aliphatic hydroxyl groups is 1. The Hall–Kier alpha value is -2.37. The fraction of sp³-hybridized carbons (Fsp3) is 0.222. The summed E-state index contributed by atoms with van der Waals surface area (Å²) in [6.45, 7) is 1.73. The molecule has 0 bridgehead atoms. The molecular weight excluding hydrogens is 328 g/mol. The second-order valence-electron chi connectivity index (χ2n) is 5.63. The molecule has 6 heteroatoms. The topological polar surface area (TPSA) is 78.4 Å². The highest BCUT2D eigenvalue weighted by atomic mass is 35.5. The number of benzene rings is 2. The molecule has 0 spiro atoms. The number of hydrogen-bond acceptors (Lipinski definition) is 3. The van der Waals surface area contributed by atoms with Gasteiger partial charge in [-0.1, -0.05) is 54.1 Å². The molecular formula is C18H19ClN2O3. The lowest BCUT2D eigenvalue weighted by molar-refractivity contribution is -0.139. The van der Waals surface area contributed by atoms with Gasteiger partial charge in [0.1, 0.15) is 5.60 Å². The van der Waals surface area contributed by atoms with Crippen molar-refractivity contribution in [2.24, 2.45) is 0 Å². The fourth-order valence-corrected chi connectivity index (χ4v) is 2.22. The van der Waals surface area contributed by atoms with Crippen LogP contribution in [0.5, 0.6) is 0 Å². The molecule has 0 aliphatic rings. The largest absolute Gasteiger partial charge is 0.384 e. The predicted molar refractivity (Wildman–Crippen MR) is 92.3 cm³/mol. The molecule has 2 aromatic carbocycles. The molecule has 1 unspecified atom stereocenters. The van der Waals surface area contributed by atoms with Gasteiger partial charge in [-0.05, 0) is 30.2 Å². The smallest absolute Gasteiger partial charge is 0.309 e. The fourth-order valence-electron chi connectivity index (χ4n) is 2.10. The molecule has 0 heterocycles. The average Bonchev–Trinajstić information content (AvgIpc) is 2.59. The van der Waals surface area contributed by atoms with Crippen LogP contribution >= 0.6 is 11.6 Å². The first kappa shape index (κ1) is 18.0. The molecule has 126 valence electrons. The van der Waals surface area contributed by atoms with Crippen molar-refractivity contribution in [3.63, 3.8) is 0 Å². The van der Waals surface area contributed by atoms with Crippen LogP contribution in [0.4, 0.5) is 0 Å². The number of hydrogen-bond donors (Lipinski definition) is 3. The third kappa shape index (κ3) is 5.08. The summed E-state index contributed by atoms with van der Waals surface area (Å²) in [5, 5.41) is 16.0. The van der Waals surface area contributed by atoms with Crippen molar-refractivity contribution >= 4 is 23.4 Å². The minimum absolute atomic E-state index is 0.0653. The van der Waals surface area contributed by atoms with Crippen molar-refractivity contribution in [2.75, 3.05) is 6.54 Å². The van der Waals surface area contributed by atoms with Gasteiger partial charge in [-0.2, -0.15) is 0 Å². The number of carbonyl (C=O) groups excluding carboxylic acids is 2. The van der Waals surface area contributed by atoms with E-state index in [0.717, 1.165) is 5.56 Å². The van der Waals surface area contributed by atoms with Gasteiger partial charge >= 0.3 is 11.8 Å². The minimum atomic E-state index is -1.26. The molecule has 0 radical (unpaired) electrons. The Bertz CT molecular complexity index is 700. The molecule has 0 saturated carbocycles. The van der Waals surface area contributed by atoms with Crippen molar-refractivity contribution in [3.05, 3.63) is 70.7 Å². The Balaban J connectivity index is 1.83. The van der Waals surface area contributed by atoms with E-state index in [1.165, 1.54) is 0 Å². The predicted octanol–water partition coefficient (Wildman–Crippen LogP) is 1.98. The summed E-state index contributed by atoms with van der Waals surface area (Å²) in [5.41, 5.74) is 0.233. The van der Waals surface area contributed by atoms with E-state index < -0.39 is 17.4 Å². The summed E-state index contributed by atoms with van der Waals surface area (Å²) in [5.74, 6) is -1.55. The molecule has 5 nitrogen and oxygen atoms in total. The van der Waals surface area contributed by atoms with Gasteiger partial charge in [-0.15, -0.1) is 0 Å². The lowest BCUT2D eigenvalue weighted by Crippen LogP contribution is -2.45. The second-order valence-corrected chi connectivity index (χ2v) is 6.07. The van der Waals surface area contributed by atoms with Crippen LogP contribution in [0.15, 0.2) is 54.6 Å². The number of carbonyl (C=O) groups is 2. The average molecular weight is 347 g/mol. The van der Waals surface area contributed by atoms with E-state index in [-0.39, 0.29) is 13.1 Å². The third-order valence-corrected chi connectivity index (χ3v) is 3.81. The summed E-state index contributed by atoms with van der Waals surface area (Å²) in [6.07, 6.45) is 0. The van der Waals surface area contributed by atoms with E-state index in [0.29, 0.717) is 10.6 Å². The summed E-state index contributed by atoms with van der Waals surface area (Å²) >= 11 is 5.78. The van der Waals surface area contributed by atoms with E-state index in [1.54, 1.807) is 55.5 Å². The van der Waals surface area contributed by atoms with Crippen LogP contribution in [0.1, 0.15) is 18.1 Å². The van der Waals surface area contributed by atoms with Gasteiger partial charge in [0.05, 0.1) is 6.54 Å². The van der Waals surface area contributed by atoms with Crippen LogP contribution in [0.25, 0.3) is 0 Å². The summed E-state index contributed by atoms with van der Waals surface area (Å²) in [7, 11) is 0. The van der Waals surface area contributed by atoms with Crippen LogP contribution in [0.2, 0.25) is 5.02 Å². The van der Waals surface area contributed by atoms with E-state index in [9.17, 15) is 14.7 Å². The summed E-state index contributed by atoms with van der Waals surface area (Å²) in [4.78, 5) is 23.6. The Morgan fingerprint density at radius 3 is 2.21 bits per heavy atom. The zero-order valence-corrected chi connectivity index (χ0v) is 14.0. The molecule has 3 N–H and O–H groups in total. The van der Waals surface area contributed by atoms with E-state index >= 15 is 0 Å². The highest BCUT2D eigenvalue weighted by Crippen LogP contribution is 2.18. The van der Waals surface area contributed by atoms with Crippen molar-refractivity contribution in [1.82, 2.24) is 10.6 Å². The van der Waals surface area contributed by atoms with Gasteiger partial charge in [0.25, 0.3) is 0 Å². The highest BCUT2D eigenvalue weighted by molar-refractivity contribution is 6.35. The maximum Gasteiger partial charge on any atom is 0.309 e. The zero-order valence-electron chi connectivity index (χ0n) is 13.3. The van der Waals surface area contributed by atoms with E-state index in [4.69, 9.17) is 11.6 Å².